The molecule has 0 aliphatic heterocycles. The van der Waals surface area contributed by atoms with Gasteiger partial charge in [0.05, 0.1) is 37.5 Å². The minimum atomic E-state index is -0.0182. The van der Waals surface area contributed by atoms with Gasteiger partial charge in [0.15, 0.2) is 11.5 Å². The minimum Gasteiger partial charge on any atom is -0.493 e. The van der Waals surface area contributed by atoms with Crippen LogP contribution in [0.5, 0.6) is 11.5 Å². The molecule has 0 aliphatic carbocycles. The molecule has 6 nitrogen and oxygen atoms in total. The zero-order chi connectivity index (χ0) is 18.2. The molecule has 1 N–H and O–H groups in total. The van der Waals surface area contributed by atoms with Crippen LogP contribution in [0.15, 0.2) is 54.9 Å². The quantitative estimate of drug-likeness (QED) is 0.601. The van der Waals surface area contributed by atoms with Crippen LogP contribution in [0.4, 0.5) is 0 Å². The van der Waals surface area contributed by atoms with E-state index < -0.39 is 0 Å². The van der Waals surface area contributed by atoms with Gasteiger partial charge in [0.2, 0.25) is 5.91 Å². The van der Waals surface area contributed by atoms with E-state index in [-0.39, 0.29) is 5.91 Å². The third-order valence-corrected chi connectivity index (χ3v) is 4.08. The van der Waals surface area contributed by atoms with Crippen molar-refractivity contribution in [2.45, 2.75) is 19.4 Å². The average Bonchev–Trinajstić information content (AvgIpc) is 3.09. The van der Waals surface area contributed by atoms with Gasteiger partial charge in [-0.15, -0.1) is 0 Å². The maximum absolute atomic E-state index is 11.9. The van der Waals surface area contributed by atoms with Gasteiger partial charge in [0, 0.05) is 13.1 Å². The van der Waals surface area contributed by atoms with Crippen LogP contribution in [-0.2, 0) is 11.3 Å². The van der Waals surface area contributed by atoms with Crippen molar-refractivity contribution in [2.75, 3.05) is 20.3 Å². The van der Waals surface area contributed by atoms with Crippen LogP contribution in [0, 0.1) is 0 Å². The lowest BCUT2D eigenvalue weighted by Gasteiger charge is -2.10. The number of rotatable bonds is 9. The summed E-state index contributed by atoms with van der Waals surface area (Å²) in [5.41, 5.74) is 2.11. The van der Waals surface area contributed by atoms with Crippen LogP contribution in [0.25, 0.3) is 11.0 Å². The molecule has 3 rings (SSSR count). The molecule has 2 aromatic carbocycles. The highest BCUT2D eigenvalue weighted by atomic mass is 16.5. The van der Waals surface area contributed by atoms with Crippen molar-refractivity contribution >= 4 is 16.9 Å². The van der Waals surface area contributed by atoms with Crippen molar-refractivity contribution in [1.82, 2.24) is 14.9 Å². The number of carbonyl (C=O) groups is 1. The summed E-state index contributed by atoms with van der Waals surface area (Å²) in [6.45, 7) is 1.76. The zero-order valence-corrected chi connectivity index (χ0v) is 14.9. The Morgan fingerprint density at radius 1 is 1.12 bits per heavy atom. The molecule has 136 valence electrons. The van der Waals surface area contributed by atoms with Gasteiger partial charge in [-0.05, 0) is 30.7 Å². The summed E-state index contributed by atoms with van der Waals surface area (Å²) in [5.74, 6) is 1.30. The molecule has 1 aromatic heterocycles. The number of ether oxygens (including phenoxy) is 2. The minimum absolute atomic E-state index is 0.0182. The molecule has 0 fully saturated rings. The predicted molar refractivity (Wildman–Crippen MR) is 100 cm³/mol. The average molecular weight is 353 g/mol. The molecule has 6 heteroatoms. The molecular weight excluding hydrogens is 330 g/mol. The Morgan fingerprint density at radius 2 is 1.88 bits per heavy atom. The fraction of sp³-hybridized carbons (Fsp3) is 0.300. The topological polar surface area (TPSA) is 65.4 Å². The van der Waals surface area contributed by atoms with Crippen LogP contribution in [0.3, 0.4) is 0 Å². The summed E-state index contributed by atoms with van der Waals surface area (Å²) in [5, 5.41) is 2.92. The highest BCUT2D eigenvalue weighted by Gasteiger charge is 2.06. The SMILES string of the molecule is COc1ccccc1OCCC(=O)NCCCn1cnc2ccccc21. The van der Waals surface area contributed by atoms with Crippen LogP contribution in [-0.4, -0.2) is 35.7 Å². The summed E-state index contributed by atoms with van der Waals surface area (Å²) < 4.78 is 12.9. The molecule has 0 radical (unpaired) electrons. The number of hydrogen-bond acceptors (Lipinski definition) is 4. The number of amides is 1. The fourth-order valence-electron chi connectivity index (χ4n) is 2.75. The highest BCUT2D eigenvalue weighted by molar-refractivity contribution is 5.76. The number of imidazole rings is 1. The molecule has 26 heavy (non-hydrogen) atoms. The zero-order valence-electron chi connectivity index (χ0n) is 14.9. The van der Waals surface area contributed by atoms with Gasteiger partial charge < -0.3 is 19.4 Å². The van der Waals surface area contributed by atoms with E-state index in [1.54, 1.807) is 7.11 Å². The van der Waals surface area contributed by atoms with E-state index in [4.69, 9.17) is 9.47 Å². The molecular formula is C20H23N3O3. The van der Waals surface area contributed by atoms with Crippen molar-refractivity contribution in [3.63, 3.8) is 0 Å². The molecule has 3 aromatic rings. The third-order valence-electron chi connectivity index (χ3n) is 4.08. The van der Waals surface area contributed by atoms with E-state index >= 15 is 0 Å². The van der Waals surface area contributed by atoms with Crippen molar-refractivity contribution in [3.05, 3.63) is 54.9 Å². The van der Waals surface area contributed by atoms with Gasteiger partial charge in [-0.25, -0.2) is 4.98 Å². The molecule has 0 aliphatic rings. The van der Waals surface area contributed by atoms with Crippen LogP contribution in [0.2, 0.25) is 0 Å². The first-order valence-electron chi connectivity index (χ1n) is 8.70. The highest BCUT2D eigenvalue weighted by Crippen LogP contribution is 2.25. The lowest BCUT2D eigenvalue weighted by atomic mass is 10.3. The summed E-state index contributed by atoms with van der Waals surface area (Å²) in [6.07, 6.45) is 3.00. The van der Waals surface area contributed by atoms with E-state index in [1.165, 1.54) is 0 Å². The van der Waals surface area contributed by atoms with Gasteiger partial charge in [0.25, 0.3) is 0 Å². The third kappa shape index (κ3) is 4.53. The van der Waals surface area contributed by atoms with Crippen molar-refractivity contribution in [3.8, 4) is 11.5 Å². The maximum Gasteiger partial charge on any atom is 0.223 e. The summed E-state index contributed by atoms with van der Waals surface area (Å²) in [6, 6.07) is 15.4. The number of methoxy groups -OCH3 is 1. The molecule has 0 spiro atoms. The Balaban J connectivity index is 1.35. The molecule has 1 amide bonds. The Labute approximate surface area is 152 Å². The van der Waals surface area contributed by atoms with Crippen molar-refractivity contribution < 1.29 is 14.3 Å². The standard InChI is InChI=1S/C20H23N3O3/c1-25-18-9-4-5-10-19(18)26-14-11-20(24)21-12-6-13-23-15-22-16-7-2-3-8-17(16)23/h2-5,7-10,15H,6,11-14H2,1H3,(H,21,24). The number of aromatic nitrogens is 2. The number of hydrogen-bond donors (Lipinski definition) is 1. The number of benzene rings is 2. The molecule has 1 heterocycles. The molecule has 0 saturated carbocycles. The second-order valence-electron chi connectivity index (χ2n) is 5.88. The molecule has 0 bridgehead atoms. The number of nitrogens with zero attached hydrogens (tertiary/aromatic N) is 2. The number of nitrogens with one attached hydrogen (secondary N) is 1. The van der Waals surface area contributed by atoms with Crippen molar-refractivity contribution in [1.29, 1.82) is 0 Å². The number of fused-ring (bicyclic) bond motifs is 1. The molecule has 0 unspecified atom stereocenters. The maximum atomic E-state index is 11.9. The van der Waals surface area contributed by atoms with E-state index in [2.05, 4.69) is 20.9 Å². The van der Waals surface area contributed by atoms with E-state index in [9.17, 15) is 4.79 Å². The van der Waals surface area contributed by atoms with Gasteiger partial charge in [0.1, 0.15) is 0 Å². The summed E-state index contributed by atoms with van der Waals surface area (Å²) >= 11 is 0. The first-order chi connectivity index (χ1) is 12.8. The monoisotopic (exact) mass is 353 g/mol. The first-order valence-corrected chi connectivity index (χ1v) is 8.70. The number of aryl methyl sites for hydroxylation is 1. The van der Waals surface area contributed by atoms with Gasteiger partial charge in [-0.3, -0.25) is 4.79 Å². The van der Waals surface area contributed by atoms with Crippen LogP contribution >= 0.6 is 0 Å². The van der Waals surface area contributed by atoms with E-state index in [0.29, 0.717) is 31.1 Å². The second-order valence-corrected chi connectivity index (χ2v) is 5.88. The predicted octanol–water partition coefficient (Wildman–Crippen LogP) is 3.02. The Hall–Kier alpha value is -3.02. The Bertz CT molecular complexity index is 860. The van der Waals surface area contributed by atoms with E-state index in [0.717, 1.165) is 24.0 Å². The lowest BCUT2D eigenvalue weighted by molar-refractivity contribution is -0.121. The van der Waals surface area contributed by atoms with Gasteiger partial charge >= 0.3 is 0 Å². The van der Waals surface area contributed by atoms with E-state index in [1.807, 2.05) is 48.8 Å². The summed E-state index contributed by atoms with van der Waals surface area (Å²) in [7, 11) is 1.60. The number of para-hydroxylation sites is 4. The smallest absolute Gasteiger partial charge is 0.223 e. The Morgan fingerprint density at radius 3 is 2.73 bits per heavy atom. The fourth-order valence-corrected chi connectivity index (χ4v) is 2.75. The van der Waals surface area contributed by atoms with Crippen LogP contribution < -0.4 is 14.8 Å². The van der Waals surface area contributed by atoms with Gasteiger partial charge in [-0.2, -0.15) is 0 Å². The molecule has 0 saturated heterocycles. The number of carbonyl (C=O) groups excluding carboxylic acids is 1. The van der Waals surface area contributed by atoms with Crippen molar-refractivity contribution in [2.24, 2.45) is 0 Å². The Kier molecular flexibility index (Phi) is 6.09. The normalized spacial score (nSPS) is 10.7. The lowest BCUT2D eigenvalue weighted by Crippen LogP contribution is -2.26. The van der Waals surface area contributed by atoms with Crippen LogP contribution in [0.1, 0.15) is 12.8 Å². The summed E-state index contributed by atoms with van der Waals surface area (Å²) in [4.78, 5) is 16.3. The largest absolute Gasteiger partial charge is 0.493 e. The van der Waals surface area contributed by atoms with Gasteiger partial charge in [-0.1, -0.05) is 24.3 Å². The molecule has 0 atom stereocenters. The second kappa shape index (κ2) is 8.89. The first kappa shape index (κ1) is 17.8.